The zero-order valence-corrected chi connectivity index (χ0v) is 17.1. The van der Waals surface area contributed by atoms with Crippen molar-refractivity contribution in [1.29, 1.82) is 0 Å². The van der Waals surface area contributed by atoms with Gasteiger partial charge in [0.15, 0.2) is 0 Å². The molecule has 1 fully saturated rings. The van der Waals surface area contributed by atoms with Crippen molar-refractivity contribution >= 4 is 17.5 Å². The predicted molar refractivity (Wildman–Crippen MR) is 115 cm³/mol. The number of aromatic nitrogens is 2. The summed E-state index contributed by atoms with van der Waals surface area (Å²) >= 11 is 0. The maximum absolute atomic E-state index is 13.0. The number of nitrogens with zero attached hydrogens (tertiary/aromatic N) is 3. The van der Waals surface area contributed by atoms with Gasteiger partial charge in [-0.05, 0) is 38.1 Å². The molecule has 0 atom stereocenters. The Labute approximate surface area is 175 Å². The van der Waals surface area contributed by atoms with Crippen molar-refractivity contribution in [3.63, 3.8) is 0 Å². The van der Waals surface area contributed by atoms with Crippen LogP contribution in [0, 0.1) is 13.8 Å². The number of carbonyl (C=O) groups excluding carboxylic acids is 1. The second-order valence-corrected chi connectivity index (χ2v) is 7.03. The molecule has 1 aliphatic heterocycles. The average molecular weight is 404 g/mol. The molecule has 1 N–H and O–H groups in total. The summed E-state index contributed by atoms with van der Waals surface area (Å²) in [5.41, 5.74) is 2.50. The third-order valence-corrected chi connectivity index (χ3v) is 4.89. The standard InChI is InChI=1S/C23H24N4O3/c1-16-21(17(2)25-23(24-16)27-12-14-29-15-13-27)26-22(28)19-10-6-7-11-20(19)30-18-8-4-3-5-9-18/h3-11H,12-15H2,1-2H3,(H,26,28). The molecule has 0 aliphatic carbocycles. The fraction of sp³-hybridized carbons (Fsp3) is 0.261. The Bertz CT molecular complexity index is 1010. The van der Waals surface area contributed by atoms with Gasteiger partial charge < -0.3 is 19.7 Å². The summed E-state index contributed by atoms with van der Waals surface area (Å²) in [7, 11) is 0. The van der Waals surface area contributed by atoms with Crippen molar-refractivity contribution in [3.05, 3.63) is 71.5 Å². The molecule has 1 aromatic heterocycles. The van der Waals surface area contributed by atoms with E-state index in [1.165, 1.54) is 0 Å². The van der Waals surface area contributed by atoms with Gasteiger partial charge in [-0.3, -0.25) is 4.79 Å². The van der Waals surface area contributed by atoms with Crippen molar-refractivity contribution in [2.45, 2.75) is 13.8 Å². The number of anilines is 2. The third kappa shape index (κ3) is 4.41. The molecule has 154 valence electrons. The van der Waals surface area contributed by atoms with Gasteiger partial charge in [0.1, 0.15) is 11.5 Å². The number of rotatable bonds is 5. The van der Waals surface area contributed by atoms with Crippen LogP contribution in [-0.4, -0.2) is 42.2 Å². The maximum Gasteiger partial charge on any atom is 0.259 e. The minimum Gasteiger partial charge on any atom is -0.457 e. The molecule has 4 rings (SSSR count). The molecule has 1 saturated heterocycles. The van der Waals surface area contributed by atoms with Gasteiger partial charge in [-0.15, -0.1) is 0 Å². The van der Waals surface area contributed by atoms with Crippen LogP contribution in [0.2, 0.25) is 0 Å². The number of amides is 1. The number of carbonyl (C=O) groups is 1. The van der Waals surface area contributed by atoms with Crippen molar-refractivity contribution in [1.82, 2.24) is 9.97 Å². The molecule has 0 saturated carbocycles. The van der Waals surface area contributed by atoms with Crippen molar-refractivity contribution in [2.24, 2.45) is 0 Å². The number of benzene rings is 2. The lowest BCUT2D eigenvalue weighted by molar-refractivity contribution is 0.102. The van der Waals surface area contributed by atoms with Crippen molar-refractivity contribution in [2.75, 3.05) is 36.5 Å². The first-order valence-electron chi connectivity index (χ1n) is 9.93. The number of morpholine rings is 1. The lowest BCUT2D eigenvalue weighted by Gasteiger charge is -2.27. The second-order valence-electron chi connectivity index (χ2n) is 7.03. The van der Waals surface area contributed by atoms with E-state index < -0.39 is 0 Å². The summed E-state index contributed by atoms with van der Waals surface area (Å²) in [4.78, 5) is 24.4. The maximum atomic E-state index is 13.0. The molecule has 0 unspecified atom stereocenters. The van der Waals surface area contributed by atoms with Gasteiger partial charge in [-0.25, -0.2) is 9.97 Å². The Kier molecular flexibility index (Phi) is 5.90. The highest BCUT2D eigenvalue weighted by Gasteiger charge is 2.19. The minimum absolute atomic E-state index is 0.268. The quantitative estimate of drug-likeness (QED) is 0.693. The van der Waals surface area contributed by atoms with Gasteiger partial charge in [-0.1, -0.05) is 30.3 Å². The van der Waals surface area contributed by atoms with Gasteiger partial charge in [-0.2, -0.15) is 0 Å². The van der Waals surface area contributed by atoms with Crippen LogP contribution in [0.4, 0.5) is 11.6 Å². The van der Waals surface area contributed by atoms with E-state index in [1.807, 2.05) is 56.3 Å². The monoisotopic (exact) mass is 404 g/mol. The first kappa shape index (κ1) is 19.8. The normalized spacial score (nSPS) is 13.7. The molecule has 2 aromatic carbocycles. The number of para-hydroxylation sites is 2. The molecule has 3 aromatic rings. The van der Waals surface area contributed by atoms with Crippen LogP contribution in [0.25, 0.3) is 0 Å². The first-order valence-corrected chi connectivity index (χ1v) is 9.93. The molecular weight excluding hydrogens is 380 g/mol. The van der Waals surface area contributed by atoms with Gasteiger partial charge >= 0.3 is 0 Å². The van der Waals surface area contributed by atoms with E-state index in [4.69, 9.17) is 9.47 Å². The minimum atomic E-state index is -0.268. The van der Waals surface area contributed by atoms with E-state index in [1.54, 1.807) is 12.1 Å². The summed E-state index contributed by atoms with van der Waals surface area (Å²) in [6.45, 7) is 6.60. The topological polar surface area (TPSA) is 76.6 Å². The average Bonchev–Trinajstić information content (AvgIpc) is 2.77. The van der Waals surface area contributed by atoms with Crippen molar-refractivity contribution < 1.29 is 14.3 Å². The molecule has 7 nitrogen and oxygen atoms in total. The summed E-state index contributed by atoms with van der Waals surface area (Å²) in [6, 6.07) is 16.5. The fourth-order valence-electron chi connectivity index (χ4n) is 3.32. The lowest BCUT2D eigenvalue weighted by Crippen LogP contribution is -2.37. The van der Waals surface area contributed by atoms with E-state index >= 15 is 0 Å². The molecule has 0 radical (unpaired) electrons. The molecule has 1 aliphatic rings. The summed E-state index contributed by atoms with van der Waals surface area (Å²) in [5, 5.41) is 2.96. The number of ether oxygens (including phenoxy) is 2. The summed E-state index contributed by atoms with van der Waals surface area (Å²) < 4.78 is 11.3. The van der Waals surface area contributed by atoms with Gasteiger partial charge in [0.2, 0.25) is 5.95 Å². The molecule has 0 spiro atoms. The van der Waals surface area contributed by atoms with Crippen LogP contribution in [0.1, 0.15) is 21.7 Å². The second kappa shape index (κ2) is 8.92. The zero-order chi connectivity index (χ0) is 20.9. The Hall–Kier alpha value is -3.45. The van der Waals surface area contributed by atoms with Crippen LogP contribution in [0.15, 0.2) is 54.6 Å². The molecule has 7 heteroatoms. The van der Waals surface area contributed by atoms with E-state index in [9.17, 15) is 4.79 Å². The highest BCUT2D eigenvalue weighted by molar-refractivity contribution is 6.06. The fourth-order valence-corrected chi connectivity index (χ4v) is 3.32. The molecule has 1 amide bonds. The SMILES string of the molecule is Cc1nc(N2CCOCC2)nc(C)c1NC(=O)c1ccccc1Oc1ccccc1. The largest absolute Gasteiger partial charge is 0.457 e. The van der Waals surface area contributed by atoms with Crippen LogP contribution in [0.3, 0.4) is 0 Å². The molecular formula is C23H24N4O3. The molecule has 2 heterocycles. The highest BCUT2D eigenvalue weighted by Crippen LogP contribution is 2.27. The Morgan fingerprint density at radius 3 is 2.30 bits per heavy atom. The van der Waals surface area contributed by atoms with Gasteiger partial charge in [0.25, 0.3) is 5.91 Å². The number of hydrogen-bond acceptors (Lipinski definition) is 6. The van der Waals surface area contributed by atoms with Gasteiger partial charge in [0.05, 0.1) is 35.9 Å². The first-order chi connectivity index (χ1) is 14.6. The highest BCUT2D eigenvalue weighted by atomic mass is 16.5. The van der Waals surface area contributed by atoms with E-state index in [0.29, 0.717) is 41.9 Å². The summed E-state index contributed by atoms with van der Waals surface area (Å²) in [6.07, 6.45) is 0. The third-order valence-electron chi connectivity index (χ3n) is 4.89. The molecule has 30 heavy (non-hydrogen) atoms. The predicted octanol–water partition coefficient (Wildman–Crippen LogP) is 3.97. The molecule has 0 bridgehead atoms. The van der Waals surface area contributed by atoms with Crippen molar-refractivity contribution in [3.8, 4) is 11.5 Å². The Balaban J connectivity index is 1.56. The van der Waals surface area contributed by atoms with Crippen LogP contribution >= 0.6 is 0 Å². The van der Waals surface area contributed by atoms with Crippen LogP contribution in [0.5, 0.6) is 11.5 Å². The zero-order valence-electron chi connectivity index (χ0n) is 17.1. The van der Waals surface area contributed by atoms with Crippen LogP contribution < -0.4 is 15.0 Å². The van der Waals surface area contributed by atoms with E-state index in [2.05, 4.69) is 20.2 Å². The smallest absolute Gasteiger partial charge is 0.259 e. The lowest BCUT2D eigenvalue weighted by atomic mass is 10.1. The number of nitrogens with one attached hydrogen (secondary N) is 1. The number of aryl methyl sites for hydroxylation is 2. The van der Waals surface area contributed by atoms with Crippen LogP contribution in [-0.2, 0) is 4.74 Å². The Morgan fingerprint density at radius 2 is 1.60 bits per heavy atom. The van der Waals surface area contributed by atoms with E-state index in [0.717, 1.165) is 24.5 Å². The Morgan fingerprint density at radius 1 is 0.967 bits per heavy atom. The summed E-state index contributed by atoms with van der Waals surface area (Å²) in [5.74, 6) is 1.56. The number of hydrogen-bond donors (Lipinski definition) is 1. The van der Waals surface area contributed by atoms with E-state index in [-0.39, 0.29) is 5.91 Å². The van der Waals surface area contributed by atoms with Gasteiger partial charge in [0, 0.05) is 13.1 Å².